The fraction of sp³-hybridized carbons (Fsp3) is 0.118. The van der Waals surface area contributed by atoms with Gasteiger partial charge in [-0.3, -0.25) is 4.79 Å². The molecule has 0 aliphatic heterocycles. The molecule has 3 rings (SSSR count). The summed E-state index contributed by atoms with van der Waals surface area (Å²) in [4.78, 5) is 15.2. The highest BCUT2D eigenvalue weighted by molar-refractivity contribution is 6.33. The van der Waals surface area contributed by atoms with Crippen molar-refractivity contribution in [2.75, 3.05) is 6.61 Å². The van der Waals surface area contributed by atoms with E-state index < -0.39 is 0 Å². The summed E-state index contributed by atoms with van der Waals surface area (Å²) in [5.41, 5.74) is 2.75. The van der Waals surface area contributed by atoms with Crippen molar-refractivity contribution < 1.29 is 5.11 Å². The molecule has 0 saturated carbocycles. The van der Waals surface area contributed by atoms with Gasteiger partial charge in [-0.1, -0.05) is 48.0 Å². The maximum atomic E-state index is 12.3. The fourth-order valence-electron chi connectivity index (χ4n) is 2.61. The number of hydrogen-bond donors (Lipinski definition) is 2. The van der Waals surface area contributed by atoms with Crippen LogP contribution in [0.25, 0.3) is 22.0 Å². The van der Waals surface area contributed by atoms with Gasteiger partial charge in [0.25, 0.3) is 5.56 Å². The molecule has 0 atom stereocenters. The first kappa shape index (κ1) is 13.9. The number of rotatable bonds is 3. The van der Waals surface area contributed by atoms with Crippen LogP contribution < -0.4 is 5.56 Å². The van der Waals surface area contributed by atoms with Crippen LogP contribution in [0.4, 0.5) is 0 Å². The molecule has 0 aliphatic carbocycles. The normalized spacial score (nSPS) is 11.0. The predicted octanol–water partition coefficient (Wildman–Crippen LogP) is 3.38. The van der Waals surface area contributed by atoms with E-state index in [-0.39, 0.29) is 12.2 Å². The largest absolute Gasteiger partial charge is 0.396 e. The summed E-state index contributed by atoms with van der Waals surface area (Å²) in [7, 11) is 0. The SMILES string of the molecule is O=c1[nH]c2ccccc2c(-c2ccccc2Cl)c1CCO. The number of aromatic nitrogens is 1. The van der Waals surface area contributed by atoms with Crippen LogP contribution in [-0.2, 0) is 6.42 Å². The number of benzene rings is 2. The van der Waals surface area contributed by atoms with E-state index in [1.807, 2.05) is 42.5 Å². The maximum Gasteiger partial charge on any atom is 0.252 e. The molecule has 0 amide bonds. The quantitative estimate of drug-likeness (QED) is 0.779. The molecule has 1 heterocycles. The van der Waals surface area contributed by atoms with Crippen molar-refractivity contribution in [2.24, 2.45) is 0 Å². The summed E-state index contributed by atoms with van der Waals surface area (Å²) in [5.74, 6) is 0. The van der Waals surface area contributed by atoms with Gasteiger partial charge in [-0.2, -0.15) is 0 Å². The lowest BCUT2D eigenvalue weighted by atomic mass is 9.95. The maximum absolute atomic E-state index is 12.3. The van der Waals surface area contributed by atoms with Gasteiger partial charge in [0.15, 0.2) is 0 Å². The molecule has 2 aromatic carbocycles. The van der Waals surface area contributed by atoms with Crippen LogP contribution in [0, 0.1) is 0 Å². The van der Waals surface area contributed by atoms with Crippen molar-refractivity contribution in [1.82, 2.24) is 4.98 Å². The molecular weight excluding hydrogens is 286 g/mol. The zero-order valence-corrected chi connectivity index (χ0v) is 12.0. The molecular formula is C17H14ClNO2. The van der Waals surface area contributed by atoms with Gasteiger partial charge >= 0.3 is 0 Å². The number of aliphatic hydroxyl groups excluding tert-OH is 1. The second-order valence-corrected chi connectivity index (χ2v) is 5.21. The summed E-state index contributed by atoms with van der Waals surface area (Å²) in [5, 5.41) is 10.8. The topological polar surface area (TPSA) is 53.1 Å². The van der Waals surface area contributed by atoms with Crippen LogP contribution in [0.5, 0.6) is 0 Å². The smallest absolute Gasteiger partial charge is 0.252 e. The van der Waals surface area contributed by atoms with Gasteiger partial charge in [0.2, 0.25) is 0 Å². The van der Waals surface area contributed by atoms with Gasteiger partial charge in [-0.15, -0.1) is 0 Å². The average molecular weight is 300 g/mol. The Hall–Kier alpha value is -2.10. The second-order valence-electron chi connectivity index (χ2n) is 4.81. The van der Waals surface area contributed by atoms with Gasteiger partial charge in [-0.05, 0) is 12.1 Å². The molecule has 0 fully saturated rings. The molecule has 1 aromatic heterocycles. The Bertz CT molecular complexity index is 855. The Kier molecular flexibility index (Phi) is 3.78. The van der Waals surface area contributed by atoms with Crippen molar-refractivity contribution in [2.45, 2.75) is 6.42 Å². The van der Waals surface area contributed by atoms with Gasteiger partial charge in [0.1, 0.15) is 0 Å². The number of halogens is 1. The number of fused-ring (bicyclic) bond motifs is 1. The molecule has 0 unspecified atom stereocenters. The summed E-state index contributed by atoms with van der Waals surface area (Å²) in [6.07, 6.45) is 0.292. The lowest BCUT2D eigenvalue weighted by Crippen LogP contribution is -2.16. The summed E-state index contributed by atoms with van der Waals surface area (Å²) in [6, 6.07) is 15.0. The molecule has 0 aliphatic rings. The van der Waals surface area contributed by atoms with Gasteiger partial charge < -0.3 is 10.1 Å². The highest BCUT2D eigenvalue weighted by Gasteiger charge is 2.15. The van der Waals surface area contributed by atoms with Gasteiger partial charge in [-0.25, -0.2) is 0 Å². The van der Waals surface area contributed by atoms with E-state index in [9.17, 15) is 9.90 Å². The molecule has 0 saturated heterocycles. The third-order valence-electron chi connectivity index (χ3n) is 3.53. The zero-order valence-electron chi connectivity index (χ0n) is 11.3. The number of pyridine rings is 1. The molecule has 3 nitrogen and oxygen atoms in total. The third kappa shape index (κ3) is 2.46. The first-order chi connectivity index (χ1) is 10.2. The molecule has 4 heteroatoms. The summed E-state index contributed by atoms with van der Waals surface area (Å²) >= 11 is 6.31. The minimum absolute atomic E-state index is 0.0845. The van der Waals surface area contributed by atoms with Gasteiger partial charge in [0.05, 0.1) is 0 Å². The lowest BCUT2D eigenvalue weighted by Gasteiger charge is -2.13. The highest BCUT2D eigenvalue weighted by Crippen LogP contribution is 2.34. The summed E-state index contributed by atoms with van der Waals surface area (Å²) < 4.78 is 0. The number of H-pyrrole nitrogens is 1. The number of aromatic amines is 1. The van der Waals surface area contributed by atoms with Gasteiger partial charge in [0, 0.05) is 45.6 Å². The Morgan fingerprint density at radius 1 is 1.05 bits per heavy atom. The Morgan fingerprint density at radius 2 is 1.76 bits per heavy atom. The molecule has 3 aromatic rings. The van der Waals surface area contributed by atoms with Crippen molar-refractivity contribution in [3.8, 4) is 11.1 Å². The van der Waals surface area contributed by atoms with E-state index in [0.29, 0.717) is 17.0 Å². The van der Waals surface area contributed by atoms with E-state index in [0.717, 1.165) is 22.0 Å². The third-order valence-corrected chi connectivity index (χ3v) is 3.86. The zero-order chi connectivity index (χ0) is 14.8. The van der Waals surface area contributed by atoms with Crippen LogP contribution in [-0.4, -0.2) is 16.7 Å². The van der Waals surface area contributed by atoms with Crippen molar-refractivity contribution in [1.29, 1.82) is 0 Å². The van der Waals surface area contributed by atoms with E-state index >= 15 is 0 Å². The molecule has 0 radical (unpaired) electrons. The second kappa shape index (κ2) is 5.72. The molecule has 21 heavy (non-hydrogen) atoms. The Balaban J connectivity index is 2.45. The molecule has 0 bridgehead atoms. The van der Waals surface area contributed by atoms with Crippen LogP contribution in [0.2, 0.25) is 5.02 Å². The van der Waals surface area contributed by atoms with Crippen LogP contribution in [0.1, 0.15) is 5.56 Å². The van der Waals surface area contributed by atoms with Crippen molar-refractivity contribution in [3.05, 3.63) is 69.5 Å². The minimum atomic E-state index is -0.183. The fourth-order valence-corrected chi connectivity index (χ4v) is 2.84. The van der Waals surface area contributed by atoms with Crippen LogP contribution in [0.15, 0.2) is 53.3 Å². The number of para-hydroxylation sites is 1. The monoisotopic (exact) mass is 299 g/mol. The summed E-state index contributed by atoms with van der Waals surface area (Å²) in [6.45, 7) is -0.0845. The van der Waals surface area contributed by atoms with Crippen LogP contribution >= 0.6 is 11.6 Å². The van der Waals surface area contributed by atoms with Crippen molar-refractivity contribution >= 4 is 22.5 Å². The highest BCUT2D eigenvalue weighted by atomic mass is 35.5. The predicted molar refractivity (Wildman–Crippen MR) is 85.8 cm³/mol. The van der Waals surface area contributed by atoms with Crippen molar-refractivity contribution in [3.63, 3.8) is 0 Å². The van der Waals surface area contributed by atoms with E-state index in [4.69, 9.17) is 11.6 Å². The van der Waals surface area contributed by atoms with E-state index in [1.54, 1.807) is 6.07 Å². The molecule has 2 N–H and O–H groups in total. The number of aliphatic hydroxyl groups is 1. The average Bonchev–Trinajstić information content (AvgIpc) is 2.49. The van der Waals surface area contributed by atoms with E-state index in [1.165, 1.54) is 0 Å². The number of hydrogen-bond acceptors (Lipinski definition) is 2. The lowest BCUT2D eigenvalue weighted by molar-refractivity contribution is 0.299. The van der Waals surface area contributed by atoms with Crippen LogP contribution in [0.3, 0.4) is 0 Å². The molecule has 0 spiro atoms. The Labute approximate surface area is 126 Å². The molecule has 106 valence electrons. The first-order valence-electron chi connectivity index (χ1n) is 6.72. The minimum Gasteiger partial charge on any atom is -0.396 e. The number of nitrogens with one attached hydrogen (secondary N) is 1. The standard InChI is InChI=1S/C17H14ClNO2/c18-14-7-3-1-5-11(14)16-12-6-2-4-8-15(12)19-17(21)13(16)9-10-20/h1-8,20H,9-10H2,(H,19,21). The first-order valence-corrected chi connectivity index (χ1v) is 7.10. The van der Waals surface area contributed by atoms with E-state index in [2.05, 4.69) is 4.98 Å². The Morgan fingerprint density at radius 3 is 2.52 bits per heavy atom.